The van der Waals surface area contributed by atoms with Gasteiger partial charge in [-0.15, -0.1) is 0 Å². The van der Waals surface area contributed by atoms with Crippen LogP contribution in [0.5, 0.6) is 0 Å². The first-order valence-corrected chi connectivity index (χ1v) is 10.4. The number of nitrogens with one attached hydrogen (secondary N) is 2. The standard InChI is InChI=1S/C15H33N5O2S/c1-4-20(23(3,21)22)13-8-9-17-15(16-2)18-10-14-19-11-6-5-7-12-19/h4-14H2,1-3H3,(H2,16,17,18). The van der Waals surface area contributed by atoms with Crippen LogP contribution in [-0.4, -0.2) is 82.7 Å². The van der Waals surface area contributed by atoms with E-state index in [1.165, 1.54) is 42.9 Å². The Morgan fingerprint density at radius 2 is 1.83 bits per heavy atom. The molecule has 2 N–H and O–H groups in total. The second-order valence-corrected chi connectivity index (χ2v) is 7.92. The Morgan fingerprint density at radius 1 is 1.17 bits per heavy atom. The molecule has 0 saturated carbocycles. The van der Waals surface area contributed by atoms with Crippen molar-refractivity contribution in [1.82, 2.24) is 19.8 Å². The van der Waals surface area contributed by atoms with E-state index in [2.05, 4.69) is 20.5 Å². The summed E-state index contributed by atoms with van der Waals surface area (Å²) in [6.07, 6.45) is 5.98. The van der Waals surface area contributed by atoms with Crippen LogP contribution in [0.3, 0.4) is 0 Å². The Kier molecular flexibility index (Phi) is 9.50. The summed E-state index contributed by atoms with van der Waals surface area (Å²) < 4.78 is 24.5. The van der Waals surface area contributed by atoms with Gasteiger partial charge in [-0.05, 0) is 32.4 Å². The van der Waals surface area contributed by atoms with Gasteiger partial charge in [0.15, 0.2) is 5.96 Å². The van der Waals surface area contributed by atoms with E-state index in [-0.39, 0.29) is 0 Å². The maximum atomic E-state index is 11.5. The highest BCUT2D eigenvalue weighted by Crippen LogP contribution is 2.07. The molecule has 136 valence electrons. The maximum absolute atomic E-state index is 11.5. The van der Waals surface area contributed by atoms with Gasteiger partial charge < -0.3 is 15.5 Å². The van der Waals surface area contributed by atoms with Crippen molar-refractivity contribution >= 4 is 16.0 Å². The number of rotatable bonds is 9. The summed E-state index contributed by atoms with van der Waals surface area (Å²) in [6, 6.07) is 0. The second kappa shape index (κ2) is 10.8. The monoisotopic (exact) mass is 347 g/mol. The summed E-state index contributed by atoms with van der Waals surface area (Å²) in [5.41, 5.74) is 0. The van der Waals surface area contributed by atoms with Gasteiger partial charge in [0.2, 0.25) is 10.0 Å². The van der Waals surface area contributed by atoms with Gasteiger partial charge >= 0.3 is 0 Å². The number of aliphatic imine (C=N–C) groups is 1. The Morgan fingerprint density at radius 3 is 2.39 bits per heavy atom. The van der Waals surface area contributed by atoms with Crippen LogP contribution in [-0.2, 0) is 10.0 Å². The second-order valence-electron chi connectivity index (χ2n) is 5.94. The van der Waals surface area contributed by atoms with Crippen LogP contribution in [0.15, 0.2) is 4.99 Å². The first-order chi connectivity index (χ1) is 11.0. The molecule has 1 saturated heterocycles. The average molecular weight is 348 g/mol. The topological polar surface area (TPSA) is 77.0 Å². The molecule has 0 aromatic rings. The molecule has 0 unspecified atom stereocenters. The first-order valence-electron chi connectivity index (χ1n) is 8.59. The molecular weight excluding hydrogens is 314 g/mol. The van der Waals surface area contributed by atoms with Gasteiger partial charge in [-0.3, -0.25) is 4.99 Å². The maximum Gasteiger partial charge on any atom is 0.211 e. The van der Waals surface area contributed by atoms with Gasteiger partial charge in [-0.25, -0.2) is 12.7 Å². The predicted octanol–water partition coefficient (Wildman–Crippen LogP) is 0.309. The molecule has 1 rings (SSSR count). The largest absolute Gasteiger partial charge is 0.356 e. The molecule has 0 spiro atoms. The third-order valence-corrected chi connectivity index (χ3v) is 5.47. The lowest BCUT2D eigenvalue weighted by atomic mass is 10.1. The molecule has 8 heteroatoms. The smallest absolute Gasteiger partial charge is 0.211 e. The van der Waals surface area contributed by atoms with E-state index in [0.717, 1.165) is 25.5 Å². The first kappa shape index (κ1) is 20.2. The minimum absolute atomic E-state index is 0.516. The molecular formula is C15H33N5O2S. The molecule has 1 fully saturated rings. The van der Waals surface area contributed by atoms with Crippen LogP contribution in [0.25, 0.3) is 0 Å². The van der Waals surface area contributed by atoms with Crippen molar-refractivity contribution in [2.24, 2.45) is 4.99 Å². The van der Waals surface area contributed by atoms with Gasteiger partial charge in [0.1, 0.15) is 0 Å². The Balaban J connectivity index is 2.16. The third-order valence-electron chi connectivity index (χ3n) is 4.09. The van der Waals surface area contributed by atoms with E-state index < -0.39 is 10.0 Å². The molecule has 0 bridgehead atoms. The zero-order valence-electron chi connectivity index (χ0n) is 14.8. The van der Waals surface area contributed by atoms with Crippen molar-refractivity contribution in [3.8, 4) is 0 Å². The minimum Gasteiger partial charge on any atom is -0.356 e. The van der Waals surface area contributed by atoms with E-state index >= 15 is 0 Å². The fourth-order valence-corrected chi connectivity index (χ4v) is 3.69. The summed E-state index contributed by atoms with van der Waals surface area (Å²) in [5, 5.41) is 6.55. The number of hydrogen-bond donors (Lipinski definition) is 2. The third kappa shape index (κ3) is 8.53. The highest BCUT2D eigenvalue weighted by molar-refractivity contribution is 7.88. The zero-order chi connectivity index (χ0) is 17.1. The Hall–Kier alpha value is -0.860. The Bertz CT molecular complexity index is 447. The van der Waals surface area contributed by atoms with E-state index in [1.807, 2.05) is 6.92 Å². The van der Waals surface area contributed by atoms with Crippen LogP contribution >= 0.6 is 0 Å². The molecule has 0 aromatic carbocycles. The van der Waals surface area contributed by atoms with Gasteiger partial charge in [0, 0.05) is 39.8 Å². The van der Waals surface area contributed by atoms with Crippen molar-refractivity contribution in [3.63, 3.8) is 0 Å². The summed E-state index contributed by atoms with van der Waals surface area (Å²) >= 11 is 0. The minimum atomic E-state index is -3.09. The van der Waals surface area contributed by atoms with Gasteiger partial charge in [-0.2, -0.15) is 0 Å². The number of sulfonamides is 1. The fourth-order valence-electron chi connectivity index (χ4n) is 2.76. The number of nitrogens with zero attached hydrogens (tertiary/aromatic N) is 3. The van der Waals surface area contributed by atoms with Crippen molar-refractivity contribution in [2.45, 2.75) is 32.6 Å². The highest BCUT2D eigenvalue weighted by atomic mass is 32.2. The molecule has 0 amide bonds. The number of guanidine groups is 1. The molecule has 0 atom stereocenters. The van der Waals surface area contributed by atoms with Crippen LogP contribution < -0.4 is 10.6 Å². The Labute approximate surface area is 141 Å². The summed E-state index contributed by atoms with van der Waals surface area (Å²) in [4.78, 5) is 6.68. The quantitative estimate of drug-likeness (QED) is 0.357. The summed E-state index contributed by atoms with van der Waals surface area (Å²) in [7, 11) is -1.34. The number of hydrogen-bond acceptors (Lipinski definition) is 4. The molecule has 1 heterocycles. The molecule has 0 aromatic heterocycles. The van der Waals surface area contributed by atoms with Crippen molar-refractivity contribution in [1.29, 1.82) is 0 Å². The molecule has 0 aliphatic carbocycles. The van der Waals surface area contributed by atoms with E-state index in [0.29, 0.717) is 19.6 Å². The number of piperidine rings is 1. The molecule has 0 radical (unpaired) electrons. The van der Waals surface area contributed by atoms with Crippen LogP contribution in [0, 0.1) is 0 Å². The zero-order valence-corrected chi connectivity index (χ0v) is 15.7. The molecule has 23 heavy (non-hydrogen) atoms. The van der Waals surface area contributed by atoms with E-state index in [1.54, 1.807) is 7.05 Å². The highest BCUT2D eigenvalue weighted by Gasteiger charge is 2.13. The summed E-state index contributed by atoms with van der Waals surface area (Å²) in [6.45, 7) is 7.93. The van der Waals surface area contributed by atoms with Crippen LogP contribution in [0.1, 0.15) is 32.6 Å². The lowest BCUT2D eigenvalue weighted by Gasteiger charge is -2.26. The van der Waals surface area contributed by atoms with Crippen LogP contribution in [0.2, 0.25) is 0 Å². The average Bonchev–Trinajstić information content (AvgIpc) is 2.52. The lowest BCUT2D eigenvalue weighted by molar-refractivity contribution is 0.232. The van der Waals surface area contributed by atoms with Crippen molar-refractivity contribution in [2.75, 3.05) is 59.1 Å². The van der Waals surface area contributed by atoms with Gasteiger partial charge in [-0.1, -0.05) is 13.3 Å². The van der Waals surface area contributed by atoms with Crippen molar-refractivity contribution in [3.05, 3.63) is 0 Å². The summed E-state index contributed by atoms with van der Waals surface area (Å²) in [5.74, 6) is 0.782. The molecule has 7 nitrogen and oxygen atoms in total. The van der Waals surface area contributed by atoms with Crippen molar-refractivity contribution < 1.29 is 8.42 Å². The van der Waals surface area contributed by atoms with E-state index in [9.17, 15) is 8.42 Å². The molecule has 1 aliphatic heterocycles. The van der Waals surface area contributed by atoms with Gasteiger partial charge in [0.05, 0.1) is 6.26 Å². The lowest BCUT2D eigenvalue weighted by Crippen LogP contribution is -2.43. The van der Waals surface area contributed by atoms with Gasteiger partial charge in [0.25, 0.3) is 0 Å². The molecule has 1 aliphatic rings. The predicted molar refractivity (Wildman–Crippen MR) is 96.4 cm³/mol. The SMILES string of the molecule is CCN(CCCNC(=NC)NCCN1CCCCC1)S(C)(=O)=O. The van der Waals surface area contributed by atoms with Crippen LogP contribution in [0.4, 0.5) is 0 Å². The van der Waals surface area contributed by atoms with E-state index in [4.69, 9.17) is 0 Å². The normalized spacial score (nSPS) is 17.5. The number of likely N-dealkylation sites (tertiary alicyclic amines) is 1. The fraction of sp³-hybridized carbons (Fsp3) is 0.933.